The molecule has 86 valence electrons. The van der Waals surface area contributed by atoms with Crippen LogP contribution in [0.3, 0.4) is 0 Å². The number of aromatic hydroxyl groups is 1. The highest BCUT2D eigenvalue weighted by molar-refractivity contribution is 5.94. The lowest BCUT2D eigenvalue weighted by Gasteiger charge is -2.11. The van der Waals surface area contributed by atoms with Crippen molar-refractivity contribution in [2.75, 3.05) is 13.1 Å². The maximum Gasteiger partial charge on any atom is 0.251 e. The average Bonchev–Trinajstić information content (AvgIpc) is 2.74. The molecule has 4 heteroatoms. The molecule has 0 aromatic heterocycles. The zero-order chi connectivity index (χ0) is 11.5. The van der Waals surface area contributed by atoms with Gasteiger partial charge < -0.3 is 15.7 Å². The lowest BCUT2D eigenvalue weighted by molar-refractivity contribution is 0.0940. The molecule has 1 aliphatic heterocycles. The predicted molar refractivity (Wildman–Crippen MR) is 61.6 cm³/mol. The molecule has 0 unspecified atom stereocenters. The molecule has 1 atom stereocenters. The van der Waals surface area contributed by atoms with Crippen LogP contribution in [-0.4, -0.2) is 30.1 Å². The van der Waals surface area contributed by atoms with E-state index in [0.29, 0.717) is 5.56 Å². The standard InChI is InChI=1S/C12H16N2O2/c1-8-6-9(2-3-11(8)15)12(16)14-10-4-5-13-7-10/h2-3,6,10,13,15H,4-5,7H2,1H3,(H,14,16)/t10-/m1/s1. The summed E-state index contributed by atoms with van der Waals surface area (Å²) >= 11 is 0. The van der Waals surface area contributed by atoms with Gasteiger partial charge in [-0.15, -0.1) is 0 Å². The summed E-state index contributed by atoms with van der Waals surface area (Å²) in [6.45, 7) is 3.57. The number of benzene rings is 1. The fourth-order valence-electron chi connectivity index (χ4n) is 1.84. The summed E-state index contributed by atoms with van der Waals surface area (Å²) in [4.78, 5) is 11.8. The number of nitrogens with one attached hydrogen (secondary N) is 2. The third kappa shape index (κ3) is 2.33. The number of hydrogen-bond acceptors (Lipinski definition) is 3. The summed E-state index contributed by atoms with van der Waals surface area (Å²) in [7, 11) is 0. The molecule has 1 aliphatic rings. The molecule has 2 rings (SSSR count). The van der Waals surface area contributed by atoms with E-state index in [2.05, 4.69) is 10.6 Å². The third-order valence-corrected chi connectivity index (χ3v) is 2.85. The Hall–Kier alpha value is -1.55. The van der Waals surface area contributed by atoms with E-state index in [9.17, 15) is 9.90 Å². The SMILES string of the molecule is Cc1cc(C(=O)N[C@@H]2CCNC2)ccc1O. The van der Waals surface area contributed by atoms with Crippen LogP contribution in [0.15, 0.2) is 18.2 Å². The molecule has 1 amide bonds. The van der Waals surface area contributed by atoms with Crippen molar-refractivity contribution < 1.29 is 9.90 Å². The first kappa shape index (κ1) is 11.0. The molecular formula is C12H16N2O2. The van der Waals surface area contributed by atoms with E-state index in [1.54, 1.807) is 25.1 Å². The second-order valence-electron chi connectivity index (χ2n) is 4.16. The first-order chi connectivity index (χ1) is 7.66. The molecule has 1 aromatic carbocycles. The highest BCUT2D eigenvalue weighted by atomic mass is 16.3. The van der Waals surface area contributed by atoms with Crippen molar-refractivity contribution in [3.63, 3.8) is 0 Å². The number of aryl methyl sites for hydroxylation is 1. The molecule has 0 aliphatic carbocycles. The highest BCUT2D eigenvalue weighted by Gasteiger charge is 2.17. The van der Waals surface area contributed by atoms with Crippen molar-refractivity contribution >= 4 is 5.91 Å². The molecule has 0 radical (unpaired) electrons. The van der Waals surface area contributed by atoms with Gasteiger partial charge in [-0.25, -0.2) is 0 Å². The molecule has 16 heavy (non-hydrogen) atoms. The summed E-state index contributed by atoms with van der Waals surface area (Å²) in [6, 6.07) is 5.12. The van der Waals surface area contributed by atoms with Crippen LogP contribution < -0.4 is 10.6 Å². The van der Waals surface area contributed by atoms with Crippen molar-refractivity contribution in [1.29, 1.82) is 0 Å². The highest BCUT2D eigenvalue weighted by Crippen LogP contribution is 2.17. The summed E-state index contributed by atoms with van der Waals surface area (Å²) < 4.78 is 0. The van der Waals surface area contributed by atoms with Gasteiger partial charge in [-0.2, -0.15) is 0 Å². The second-order valence-corrected chi connectivity index (χ2v) is 4.16. The van der Waals surface area contributed by atoms with Gasteiger partial charge in [0.25, 0.3) is 5.91 Å². The molecule has 3 N–H and O–H groups in total. The average molecular weight is 220 g/mol. The number of rotatable bonds is 2. The van der Waals surface area contributed by atoms with Gasteiger partial charge in [0.05, 0.1) is 0 Å². The monoisotopic (exact) mass is 220 g/mol. The molecule has 1 heterocycles. The summed E-state index contributed by atoms with van der Waals surface area (Å²) in [5, 5.41) is 15.5. The van der Waals surface area contributed by atoms with E-state index in [1.165, 1.54) is 0 Å². The van der Waals surface area contributed by atoms with Gasteiger partial charge in [-0.3, -0.25) is 4.79 Å². The van der Waals surface area contributed by atoms with Gasteiger partial charge in [0.1, 0.15) is 5.75 Å². The van der Waals surface area contributed by atoms with Crippen LogP contribution in [-0.2, 0) is 0 Å². The van der Waals surface area contributed by atoms with E-state index >= 15 is 0 Å². The molecule has 4 nitrogen and oxygen atoms in total. The largest absolute Gasteiger partial charge is 0.508 e. The molecule has 1 fully saturated rings. The summed E-state index contributed by atoms with van der Waals surface area (Å²) in [5.74, 6) is 0.149. The van der Waals surface area contributed by atoms with Crippen molar-refractivity contribution in [2.24, 2.45) is 0 Å². The lowest BCUT2D eigenvalue weighted by atomic mass is 10.1. The van der Waals surface area contributed by atoms with Crippen molar-refractivity contribution in [2.45, 2.75) is 19.4 Å². The minimum atomic E-state index is -0.0724. The fraction of sp³-hybridized carbons (Fsp3) is 0.417. The Balaban J connectivity index is 2.05. The minimum Gasteiger partial charge on any atom is -0.508 e. The van der Waals surface area contributed by atoms with Crippen LogP contribution in [0.5, 0.6) is 5.75 Å². The van der Waals surface area contributed by atoms with Crippen molar-refractivity contribution in [3.8, 4) is 5.75 Å². The van der Waals surface area contributed by atoms with Crippen molar-refractivity contribution in [1.82, 2.24) is 10.6 Å². The number of amides is 1. The van der Waals surface area contributed by atoms with Gasteiger partial charge in [0, 0.05) is 18.2 Å². The molecular weight excluding hydrogens is 204 g/mol. The maximum absolute atomic E-state index is 11.8. The van der Waals surface area contributed by atoms with E-state index in [1.807, 2.05) is 0 Å². The Kier molecular flexibility index (Phi) is 3.10. The Labute approximate surface area is 94.7 Å². The maximum atomic E-state index is 11.8. The quantitative estimate of drug-likeness (QED) is 0.690. The van der Waals surface area contributed by atoms with Gasteiger partial charge in [0.2, 0.25) is 0 Å². The topological polar surface area (TPSA) is 61.4 Å². The van der Waals surface area contributed by atoms with Crippen LogP contribution in [0.4, 0.5) is 0 Å². The van der Waals surface area contributed by atoms with E-state index in [-0.39, 0.29) is 17.7 Å². The first-order valence-electron chi connectivity index (χ1n) is 5.48. The molecule has 0 spiro atoms. The van der Waals surface area contributed by atoms with E-state index in [0.717, 1.165) is 25.1 Å². The fourth-order valence-corrected chi connectivity index (χ4v) is 1.84. The Bertz CT molecular complexity index is 398. The van der Waals surface area contributed by atoms with Crippen LogP contribution in [0.2, 0.25) is 0 Å². The number of hydrogen-bond donors (Lipinski definition) is 3. The number of carbonyl (C=O) groups is 1. The van der Waals surface area contributed by atoms with Gasteiger partial charge >= 0.3 is 0 Å². The smallest absolute Gasteiger partial charge is 0.251 e. The lowest BCUT2D eigenvalue weighted by Crippen LogP contribution is -2.36. The summed E-state index contributed by atoms with van der Waals surface area (Å²) in [5.41, 5.74) is 1.32. The second kappa shape index (κ2) is 4.53. The molecule has 1 aromatic rings. The number of phenolic OH excluding ortho intramolecular Hbond substituents is 1. The van der Waals surface area contributed by atoms with Gasteiger partial charge in [-0.1, -0.05) is 0 Å². The molecule has 1 saturated heterocycles. The van der Waals surface area contributed by atoms with Crippen LogP contribution in [0.1, 0.15) is 22.3 Å². The van der Waals surface area contributed by atoms with Crippen LogP contribution in [0.25, 0.3) is 0 Å². The molecule has 0 saturated carbocycles. The molecule has 0 bridgehead atoms. The van der Waals surface area contributed by atoms with E-state index < -0.39 is 0 Å². The zero-order valence-corrected chi connectivity index (χ0v) is 9.29. The van der Waals surface area contributed by atoms with E-state index in [4.69, 9.17) is 0 Å². The van der Waals surface area contributed by atoms with Gasteiger partial charge in [0.15, 0.2) is 0 Å². The van der Waals surface area contributed by atoms with Gasteiger partial charge in [-0.05, 0) is 43.7 Å². The van der Waals surface area contributed by atoms with Crippen LogP contribution >= 0.6 is 0 Å². The Morgan fingerprint density at radius 2 is 2.38 bits per heavy atom. The predicted octanol–water partition coefficient (Wildman–Crippen LogP) is 0.792. The normalized spacial score (nSPS) is 19.7. The Morgan fingerprint density at radius 3 is 3.00 bits per heavy atom. The van der Waals surface area contributed by atoms with Crippen LogP contribution in [0, 0.1) is 6.92 Å². The summed E-state index contributed by atoms with van der Waals surface area (Å²) in [6.07, 6.45) is 0.975. The third-order valence-electron chi connectivity index (χ3n) is 2.85. The minimum absolute atomic E-state index is 0.0724. The van der Waals surface area contributed by atoms with Crippen molar-refractivity contribution in [3.05, 3.63) is 29.3 Å². The zero-order valence-electron chi connectivity index (χ0n) is 9.29. The number of phenols is 1. The number of carbonyl (C=O) groups excluding carboxylic acids is 1. The first-order valence-corrected chi connectivity index (χ1v) is 5.48. The Morgan fingerprint density at radius 1 is 1.56 bits per heavy atom.